The summed E-state index contributed by atoms with van der Waals surface area (Å²) in [5.41, 5.74) is 0. The number of carbonyl (C=O) groups is 2. The largest absolute Gasteiger partial charge is 0.454 e. The topological polar surface area (TPSA) is 175 Å². The molecule has 0 bridgehead atoms. The first-order valence-electron chi connectivity index (χ1n) is 35.3. The van der Waals surface area contributed by atoms with Gasteiger partial charge in [0.1, 0.15) is 24.4 Å². The predicted molar refractivity (Wildman–Crippen MR) is 365 cm³/mol. The Morgan fingerprint density at radius 2 is 0.828 bits per heavy atom. The summed E-state index contributed by atoms with van der Waals surface area (Å²) in [5.74, 6) is -1.22. The van der Waals surface area contributed by atoms with Crippen molar-refractivity contribution >= 4 is 11.9 Å². The number of aliphatic hydroxyl groups is 5. The van der Waals surface area contributed by atoms with Crippen molar-refractivity contribution in [3.8, 4) is 0 Å². The molecule has 8 atom stereocenters. The first-order chi connectivity index (χ1) is 42.7. The van der Waals surface area contributed by atoms with E-state index in [0.29, 0.717) is 12.8 Å². The minimum atomic E-state index is -1.63. The summed E-state index contributed by atoms with van der Waals surface area (Å²) in [4.78, 5) is 26.7. The number of aliphatic hydroxyl groups excluding tert-OH is 5. The van der Waals surface area contributed by atoms with E-state index in [0.717, 1.165) is 148 Å². The van der Waals surface area contributed by atoms with Crippen LogP contribution in [0.1, 0.15) is 284 Å². The van der Waals surface area contributed by atoms with E-state index in [4.69, 9.17) is 14.2 Å². The summed E-state index contributed by atoms with van der Waals surface area (Å²) in [6, 6.07) is -1.04. The van der Waals surface area contributed by atoms with Crippen molar-refractivity contribution in [3.05, 3.63) is 122 Å². The van der Waals surface area contributed by atoms with E-state index >= 15 is 0 Å². The summed E-state index contributed by atoms with van der Waals surface area (Å²) in [5, 5.41) is 57.2. The van der Waals surface area contributed by atoms with E-state index in [9.17, 15) is 35.1 Å². The molecule has 0 aromatic heterocycles. The van der Waals surface area contributed by atoms with Crippen molar-refractivity contribution < 1.29 is 49.3 Å². The smallest absolute Gasteiger partial charge is 0.306 e. The number of unbranched alkanes of at least 4 members (excludes halogenated alkanes) is 27. The number of esters is 1. The van der Waals surface area contributed by atoms with Gasteiger partial charge in [0.2, 0.25) is 5.91 Å². The fraction of sp³-hybridized carbons (Fsp3) is 0.711. The highest BCUT2D eigenvalue weighted by Gasteiger charge is 2.47. The maximum absolute atomic E-state index is 13.5. The van der Waals surface area contributed by atoms with Crippen LogP contribution in [0.3, 0.4) is 0 Å². The van der Waals surface area contributed by atoms with Crippen LogP contribution in [0, 0.1) is 0 Å². The second-order valence-corrected chi connectivity index (χ2v) is 23.9. The summed E-state index contributed by atoms with van der Waals surface area (Å²) in [6.45, 7) is 5.64. The van der Waals surface area contributed by atoms with E-state index in [2.05, 4.69) is 135 Å². The van der Waals surface area contributed by atoms with Crippen molar-refractivity contribution in [3.63, 3.8) is 0 Å². The molecule has 1 heterocycles. The van der Waals surface area contributed by atoms with Gasteiger partial charge in [0.15, 0.2) is 12.4 Å². The minimum Gasteiger partial charge on any atom is -0.454 e. The van der Waals surface area contributed by atoms with Crippen LogP contribution >= 0.6 is 0 Å². The van der Waals surface area contributed by atoms with Gasteiger partial charge in [-0.15, -0.1) is 0 Å². The summed E-state index contributed by atoms with van der Waals surface area (Å²) >= 11 is 0. The Bertz CT molecular complexity index is 1880. The van der Waals surface area contributed by atoms with Gasteiger partial charge in [-0.1, -0.05) is 284 Å². The predicted octanol–water partition coefficient (Wildman–Crippen LogP) is 18.2. The molecule has 11 nitrogen and oxygen atoms in total. The molecule has 6 N–H and O–H groups in total. The molecule has 87 heavy (non-hydrogen) atoms. The molecule has 1 fully saturated rings. The number of hydrogen-bond acceptors (Lipinski definition) is 10. The molecule has 1 aliphatic rings. The van der Waals surface area contributed by atoms with E-state index in [1.54, 1.807) is 6.08 Å². The third-order valence-electron chi connectivity index (χ3n) is 15.8. The third kappa shape index (κ3) is 49.5. The van der Waals surface area contributed by atoms with E-state index in [1.165, 1.54) is 89.9 Å². The number of ether oxygens (including phenoxy) is 3. The van der Waals surface area contributed by atoms with Gasteiger partial charge < -0.3 is 45.1 Å². The lowest BCUT2D eigenvalue weighted by Crippen LogP contribution is -2.61. The molecule has 0 aromatic rings. The number of amides is 1. The number of allylic oxidation sites excluding steroid dienone is 19. The van der Waals surface area contributed by atoms with Gasteiger partial charge in [-0.25, -0.2) is 0 Å². The van der Waals surface area contributed by atoms with Crippen LogP contribution in [0.4, 0.5) is 0 Å². The summed E-state index contributed by atoms with van der Waals surface area (Å²) < 4.78 is 17.7. The fourth-order valence-electron chi connectivity index (χ4n) is 10.3. The van der Waals surface area contributed by atoms with Gasteiger partial charge in [0, 0.05) is 6.42 Å². The van der Waals surface area contributed by atoms with E-state index < -0.39 is 67.4 Å². The molecular formula is C76H129NO10. The van der Waals surface area contributed by atoms with Crippen LogP contribution in [-0.2, 0) is 23.8 Å². The molecule has 11 heteroatoms. The number of carbonyl (C=O) groups excluding carboxylic acids is 2. The van der Waals surface area contributed by atoms with Crippen molar-refractivity contribution in [1.29, 1.82) is 0 Å². The maximum atomic E-state index is 13.5. The Balaban J connectivity index is 2.58. The average molecular weight is 1220 g/mol. The molecule has 0 saturated carbocycles. The van der Waals surface area contributed by atoms with Gasteiger partial charge in [-0.2, -0.15) is 0 Å². The Kier molecular flexibility index (Phi) is 58.0. The zero-order chi connectivity index (χ0) is 63.1. The highest BCUT2D eigenvalue weighted by molar-refractivity contribution is 5.80. The molecule has 0 aliphatic carbocycles. The molecule has 498 valence electrons. The lowest BCUT2D eigenvalue weighted by Gasteiger charge is -2.41. The lowest BCUT2D eigenvalue weighted by molar-refractivity contribution is -0.305. The Morgan fingerprint density at radius 1 is 0.460 bits per heavy atom. The van der Waals surface area contributed by atoms with Crippen molar-refractivity contribution in [2.45, 2.75) is 333 Å². The van der Waals surface area contributed by atoms with Crippen LogP contribution in [0.25, 0.3) is 0 Å². The quantitative estimate of drug-likeness (QED) is 0.0195. The Morgan fingerprint density at radius 3 is 1.26 bits per heavy atom. The first kappa shape index (κ1) is 81.1. The van der Waals surface area contributed by atoms with Gasteiger partial charge in [-0.05, 0) is 116 Å². The maximum Gasteiger partial charge on any atom is 0.306 e. The first-order valence-corrected chi connectivity index (χ1v) is 35.3. The number of hydrogen-bond donors (Lipinski definition) is 6. The Labute approximate surface area is 531 Å². The molecular weight excluding hydrogens is 1090 g/mol. The molecule has 0 radical (unpaired) electrons. The Hall–Kier alpha value is -3.94. The zero-order valence-corrected chi connectivity index (χ0v) is 55.3. The van der Waals surface area contributed by atoms with Crippen LogP contribution in [0.2, 0.25) is 0 Å². The number of nitrogens with one attached hydrogen (secondary N) is 1. The highest BCUT2D eigenvalue weighted by atomic mass is 16.7. The van der Waals surface area contributed by atoms with E-state index in [-0.39, 0.29) is 19.4 Å². The SMILES string of the molecule is CC/C=C\C/C=C\C/C=C\C/C=C\C/C=C\CCCCCCCCC(O)C(=O)NC(COC1OC(CO)C(O)C(O)C1OC(=O)CCCCCCCCCCC/C=C\C/C=C\C/C=C\C/C=C\CCCCC)C(O)/C=C/CCCCCCCCCCC. The van der Waals surface area contributed by atoms with Crippen LogP contribution in [0.5, 0.6) is 0 Å². The molecule has 0 spiro atoms. The average Bonchev–Trinajstić information content (AvgIpc) is 1.30. The van der Waals surface area contributed by atoms with Crippen molar-refractivity contribution in [2.24, 2.45) is 0 Å². The monoisotopic (exact) mass is 1220 g/mol. The highest BCUT2D eigenvalue weighted by Crippen LogP contribution is 2.26. The normalized spacial score (nSPS) is 19.0. The van der Waals surface area contributed by atoms with Gasteiger partial charge in [0.25, 0.3) is 0 Å². The molecule has 1 rings (SSSR count). The molecule has 8 unspecified atom stereocenters. The van der Waals surface area contributed by atoms with E-state index in [1.807, 2.05) is 6.08 Å². The standard InChI is InChI=1S/C76H129NO10/c1-4-7-10-13-16-19-22-24-26-28-30-32-34-35-36-38-40-42-44-46-49-52-55-58-61-64-71(81)87-74-73(83)72(82)70(65-78)86-76(74)85-66-67(68(79)62-59-56-53-50-47-21-18-15-12-9-6-3)77-75(84)69(80)63-60-57-54-51-48-45-43-41-39-37-33-31-29-27-25-23-20-17-14-11-8-5-2/h8,11,16-17,19-20,24-27,30-33,35-36,39,41,59,62,67-70,72-74,76,78-80,82-83H,4-7,9-10,12-15,18,21-23,28-29,34,37-38,40,42-58,60-61,63-66H2,1-3H3,(H,77,84)/b11-8-,19-16-,20-17-,26-24-,27-25-,32-30-,33-31-,36-35-,41-39-,62-59+. The zero-order valence-electron chi connectivity index (χ0n) is 55.3. The van der Waals surface area contributed by atoms with Gasteiger partial charge in [0.05, 0.1) is 25.4 Å². The number of rotatable bonds is 59. The summed E-state index contributed by atoms with van der Waals surface area (Å²) in [7, 11) is 0. The molecule has 1 saturated heterocycles. The fourth-order valence-corrected chi connectivity index (χ4v) is 10.3. The van der Waals surface area contributed by atoms with Crippen LogP contribution in [-0.4, -0.2) is 99.6 Å². The molecule has 0 aromatic carbocycles. The van der Waals surface area contributed by atoms with Gasteiger partial charge in [-0.3, -0.25) is 9.59 Å². The second-order valence-electron chi connectivity index (χ2n) is 23.9. The summed E-state index contributed by atoms with van der Waals surface area (Å²) in [6.07, 6.45) is 76.6. The second kappa shape index (κ2) is 62.3. The third-order valence-corrected chi connectivity index (χ3v) is 15.8. The van der Waals surface area contributed by atoms with Crippen molar-refractivity contribution in [1.82, 2.24) is 5.32 Å². The van der Waals surface area contributed by atoms with Crippen molar-refractivity contribution in [2.75, 3.05) is 13.2 Å². The van der Waals surface area contributed by atoms with Crippen LogP contribution < -0.4 is 5.32 Å². The minimum absolute atomic E-state index is 0.109. The van der Waals surface area contributed by atoms with Gasteiger partial charge >= 0.3 is 5.97 Å². The molecule has 1 amide bonds. The molecule has 1 aliphatic heterocycles. The lowest BCUT2D eigenvalue weighted by atomic mass is 9.99. The van der Waals surface area contributed by atoms with Crippen LogP contribution in [0.15, 0.2) is 122 Å².